The highest BCUT2D eigenvalue weighted by Crippen LogP contribution is 2.08. The first-order valence-electron chi connectivity index (χ1n) is 4.36. The Hall–Kier alpha value is -1.82. The number of hydrogen-bond donors (Lipinski definition) is 3. The minimum absolute atomic E-state index is 0.0396. The van der Waals surface area contributed by atoms with Gasteiger partial charge in [0, 0.05) is 11.1 Å². The Morgan fingerprint density at radius 2 is 2.40 bits per heavy atom. The van der Waals surface area contributed by atoms with Crippen molar-refractivity contribution in [2.75, 3.05) is 11.1 Å². The molecule has 0 saturated heterocycles. The molecule has 2 rings (SSSR count). The lowest BCUT2D eigenvalue weighted by Crippen LogP contribution is -2.03. The van der Waals surface area contributed by atoms with Gasteiger partial charge in [0.2, 0.25) is 0 Å². The van der Waals surface area contributed by atoms with Crippen LogP contribution in [-0.2, 0) is 6.54 Å². The summed E-state index contributed by atoms with van der Waals surface area (Å²) in [5, 5.41) is 4.91. The van der Waals surface area contributed by atoms with Crippen molar-refractivity contribution in [3.05, 3.63) is 39.1 Å². The number of aromatic nitrogens is 2. The third-order valence-electron chi connectivity index (χ3n) is 1.84. The predicted octanol–water partition coefficient (Wildman–Crippen LogP) is 1.03. The fourth-order valence-corrected chi connectivity index (χ4v) is 1.69. The first-order chi connectivity index (χ1) is 7.24. The molecule has 4 N–H and O–H groups in total. The SMILES string of the molecule is Nc1ccc(NCc2csc(=O)[nH]2)cn1. The standard InChI is InChI=1S/C9H10N4OS/c10-8-2-1-6(3-12-8)11-4-7-5-15-9(14)13-7/h1-3,5,11H,4H2,(H2,10,12)(H,13,14). The number of nitrogens with one attached hydrogen (secondary N) is 2. The molecule has 0 radical (unpaired) electrons. The van der Waals surface area contributed by atoms with E-state index in [1.54, 1.807) is 17.6 Å². The van der Waals surface area contributed by atoms with E-state index in [4.69, 9.17) is 5.73 Å². The van der Waals surface area contributed by atoms with Gasteiger partial charge in [-0.25, -0.2) is 4.98 Å². The van der Waals surface area contributed by atoms with E-state index >= 15 is 0 Å². The lowest BCUT2D eigenvalue weighted by atomic mass is 10.4. The van der Waals surface area contributed by atoms with Gasteiger partial charge in [-0.3, -0.25) is 4.79 Å². The summed E-state index contributed by atoms with van der Waals surface area (Å²) in [6, 6.07) is 3.56. The highest BCUT2D eigenvalue weighted by Gasteiger charge is 1.96. The molecule has 0 aliphatic heterocycles. The maximum atomic E-state index is 10.9. The monoisotopic (exact) mass is 222 g/mol. The van der Waals surface area contributed by atoms with Crippen LogP contribution in [0.2, 0.25) is 0 Å². The molecule has 0 spiro atoms. The Bertz CT molecular complexity index is 487. The van der Waals surface area contributed by atoms with Crippen LogP contribution in [0.3, 0.4) is 0 Å². The maximum Gasteiger partial charge on any atom is 0.304 e. The molecule has 2 aromatic rings. The van der Waals surface area contributed by atoms with Crippen LogP contribution in [-0.4, -0.2) is 9.97 Å². The van der Waals surface area contributed by atoms with Gasteiger partial charge in [-0.2, -0.15) is 0 Å². The van der Waals surface area contributed by atoms with Crippen molar-refractivity contribution in [3.8, 4) is 0 Å². The number of pyridine rings is 1. The lowest BCUT2D eigenvalue weighted by molar-refractivity contribution is 1.06. The molecule has 5 nitrogen and oxygen atoms in total. The summed E-state index contributed by atoms with van der Waals surface area (Å²) in [6.07, 6.45) is 1.65. The van der Waals surface area contributed by atoms with Gasteiger partial charge >= 0.3 is 4.87 Å². The van der Waals surface area contributed by atoms with Crippen molar-refractivity contribution >= 4 is 22.8 Å². The zero-order valence-electron chi connectivity index (χ0n) is 7.86. The van der Waals surface area contributed by atoms with E-state index in [1.165, 1.54) is 0 Å². The Morgan fingerprint density at radius 1 is 1.53 bits per heavy atom. The van der Waals surface area contributed by atoms with Crippen molar-refractivity contribution in [2.45, 2.75) is 6.54 Å². The average molecular weight is 222 g/mol. The van der Waals surface area contributed by atoms with Crippen molar-refractivity contribution in [1.82, 2.24) is 9.97 Å². The number of nitrogens with two attached hydrogens (primary N) is 1. The molecule has 0 saturated carbocycles. The number of hydrogen-bond acceptors (Lipinski definition) is 5. The second kappa shape index (κ2) is 4.14. The summed E-state index contributed by atoms with van der Waals surface area (Å²) in [5.74, 6) is 0.490. The third-order valence-corrected chi connectivity index (χ3v) is 2.56. The van der Waals surface area contributed by atoms with Gasteiger partial charge in [0.05, 0.1) is 18.4 Å². The van der Waals surface area contributed by atoms with E-state index in [1.807, 2.05) is 6.07 Å². The Labute approximate surface area is 90.0 Å². The zero-order chi connectivity index (χ0) is 10.7. The molecular formula is C9H10N4OS. The summed E-state index contributed by atoms with van der Waals surface area (Å²) in [6.45, 7) is 0.574. The number of H-pyrrole nitrogens is 1. The van der Waals surface area contributed by atoms with Crippen molar-refractivity contribution in [2.24, 2.45) is 0 Å². The lowest BCUT2D eigenvalue weighted by Gasteiger charge is -2.03. The van der Waals surface area contributed by atoms with E-state index < -0.39 is 0 Å². The van der Waals surface area contributed by atoms with Gasteiger partial charge in [0.25, 0.3) is 0 Å². The smallest absolute Gasteiger partial charge is 0.304 e. The van der Waals surface area contributed by atoms with E-state index in [0.29, 0.717) is 12.4 Å². The Morgan fingerprint density at radius 3 is 3.00 bits per heavy atom. The number of nitrogens with zero attached hydrogens (tertiary/aromatic N) is 1. The van der Waals surface area contributed by atoms with Gasteiger partial charge < -0.3 is 16.0 Å². The van der Waals surface area contributed by atoms with E-state index in [0.717, 1.165) is 22.7 Å². The zero-order valence-corrected chi connectivity index (χ0v) is 8.67. The first-order valence-corrected chi connectivity index (χ1v) is 5.24. The van der Waals surface area contributed by atoms with Gasteiger partial charge in [-0.15, -0.1) is 0 Å². The number of aromatic amines is 1. The molecule has 0 aliphatic rings. The molecular weight excluding hydrogens is 212 g/mol. The van der Waals surface area contributed by atoms with Crippen molar-refractivity contribution < 1.29 is 0 Å². The van der Waals surface area contributed by atoms with Gasteiger partial charge in [0.15, 0.2) is 0 Å². The molecule has 0 atom stereocenters. The normalized spacial score (nSPS) is 10.1. The van der Waals surface area contributed by atoms with Gasteiger partial charge in [-0.1, -0.05) is 11.3 Å². The van der Waals surface area contributed by atoms with E-state index in [-0.39, 0.29) is 4.87 Å². The molecule has 15 heavy (non-hydrogen) atoms. The molecule has 0 unspecified atom stereocenters. The largest absolute Gasteiger partial charge is 0.384 e. The van der Waals surface area contributed by atoms with Gasteiger partial charge in [-0.05, 0) is 12.1 Å². The van der Waals surface area contributed by atoms with Crippen LogP contribution in [0, 0.1) is 0 Å². The summed E-state index contributed by atoms with van der Waals surface area (Å²) < 4.78 is 0. The van der Waals surface area contributed by atoms with Gasteiger partial charge in [0.1, 0.15) is 5.82 Å². The average Bonchev–Trinajstić information content (AvgIpc) is 2.64. The van der Waals surface area contributed by atoms with Crippen LogP contribution in [0.15, 0.2) is 28.5 Å². The van der Waals surface area contributed by atoms with Crippen LogP contribution in [0.4, 0.5) is 11.5 Å². The minimum atomic E-state index is -0.0396. The maximum absolute atomic E-state index is 10.9. The van der Waals surface area contributed by atoms with Crippen LogP contribution in [0.1, 0.15) is 5.69 Å². The van der Waals surface area contributed by atoms with Crippen LogP contribution in [0.25, 0.3) is 0 Å². The first kappa shape index (κ1) is 9.72. The third kappa shape index (κ3) is 2.57. The van der Waals surface area contributed by atoms with Crippen LogP contribution in [0.5, 0.6) is 0 Å². The second-order valence-electron chi connectivity index (χ2n) is 3.00. The molecule has 0 aromatic carbocycles. The second-order valence-corrected chi connectivity index (χ2v) is 3.84. The summed E-state index contributed by atoms with van der Waals surface area (Å²) in [7, 11) is 0. The fourth-order valence-electron chi connectivity index (χ4n) is 1.11. The molecule has 6 heteroatoms. The van der Waals surface area contributed by atoms with Crippen molar-refractivity contribution in [1.29, 1.82) is 0 Å². The van der Waals surface area contributed by atoms with Crippen molar-refractivity contribution in [3.63, 3.8) is 0 Å². The summed E-state index contributed by atoms with van der Waals surface area (Å²) in [5.41, 5.74) is 7.19. The number of thiazole rings is 1. The van der Waals surface area contributed by atoms with Crippen LogP contribution < -0.4 is 15.9 Å². The quantitative estimate of drug-likeness (QED) is 0.724. The van der Waals surface area contributed by atoms with E-state index in [2.05, 4.69) is 15.3 Å². The topological polar surface area (TPSA) is 83.8 Å². The van der Waals surface area contributed by atoms with E-state index in [9.17, 15) is 4.79 Å². The molecule has 0 bridgehead atoms. The Kier molecular flexibility index (Phi) is 2.68. The molecule has 2 aromatic heterocycles. The minimum Gasteiger partial charge on any atom is -0.384 e. The number of nitrogen functional groups attached to an aromatic ring is 1. The molecule has 2 heterocycles. The molecule has 0 aliphatic carbocycles. The van der Waals surface area contributed by atoms with Crippen LogP contribution >= 0.6 is 11.3 Å². The Balaban J connectivity index is 1.99. The molecule has 0 fully saturated rings. The summed E-state index contributed by atoms with van der Waals surface area (Å²) >= 11 is 1.16. The number of rotatable bonds is 3. The summed E-state index contributed by atoms with van der Waals surface area (Å²) in [4.78, 5) is 17.5. The number of anilines is 2. The molecule has 0 amide bonds. The molecule has 78 valence electrons. The highest BCUT2D eigenvalue weighted by atomic mass is 32.1. The highest BCUT2D eigenvalue weighted by molar-refractivity contribution is 7.07. The fraction of sp³-hybridized carbons (Fsp3) is 0.111. The predicted molar refractivity (Wildman–Crippen MR) is 60.9 cm³/mol.